The summed E-state index contributed by atoms with van der Waals surface area (Å²) in [6, 6.07) is 35.1. The molecule has 4 aromatic rings. The molecule has 0 aliphatic carbocycles. The number of nitrogens with zero attached hydrogens (tertiary/aromatic N) is 4. The molecule has 2 atom stereocenters. The highest BCUT2D eigenvalue weighted by Crippen LogP contribution is 2.43. The average Bonchev–Trinajstić information content (AvgIpc) is 3.48. The summed E-state index contributed by atoms with van der Waals surface area (Å²) in [6.45, 7) is 1.08. The number of aliphatic imine (C=N–C) groups is 1. The van der Waals surface area contributed by atoms with Gasteiger partial charge in [-0.25, -0.2) is 4.99 Å². The predicted molar refractivity (Wildman–Crippen MR) is 179 cm³/mol. The van der Waals surface area contributed by atoms with E-state index in [-0.39, 0.29) is 19.1 Å². The van der Waals surface area contributed by atoms with E-state index in [0.717, 1.165) is 36.0 Å². The van der Waals surface area contributed by atoms with Crippen LogP contribution in [0.15, 0.2) is 119 Å². The number of hydrogen-bond acceptors (Lipinski definition) is 6. The van der Waals surface area contributed by atoms with Crippen molar-refractivity contribution in [3.8, 4) is 5.75 Å². The molecule has 2 N–H and O–H groups in total. The van der Waals surface area contributed by atoms with Crippen molar-refractivity contribution >= 4 is 11.8 Å². The van der Waals surface area contributed by atoms with Crippen LogP contribution >= 0.6 is 0 Å². The molecule has 0 fully saturated rings. The van der Waals surface area contributed by atoms with Gasteiger partial charge in [-0.15, -0.1) is 0 Å². The monoisotopic (exact) mass is 617 g/mol. The summed E-state index contributed by atoms with van der Waals surface area (Å²) in [4.78, 5) is 22.6. The zero-order valence-electron chi connectivity index (χ0n) is 25.8. The van der Waals surface area contributed by atoms with Gasteiger partial charge >= 0.3 is 0 Å². The van der Waals surface area contributed by atoms with E-state index in [2.05, 4.69) is 27.5 Å². The van der Waals surface area contributed by atoms with E-state index < -0.39 is 11.6 Å². The number of aliphatic hydroxyl groups is 1. The summed E-state index contributed by atoms with van der Waals surface area (Å²) < 4.78 is 12.4. The number of benzene rings is 4. The molecule has 9 heteroatoms. The zero-order valence-corrected chi connectivity index (χ0v) is 25.8. The standard InChI is InChI=1S/C37H39N5O4/c38-42-40-27-31-17-7-8-18-33(31)34-37(26-29-15-5-2-6-16-29,36(44)39-23-10-9-14-28-12-3-1-4-13-28)41-35(46-34)30-19-21-32(22-20-30)45-25-11-24-43/h1-8,12-13,15-22,34,43H,9-11,14,23-27H2,(H,39,44)/t34-,37-/m1/s1. The van der Waals surface area contributed by atoms with Gasteiger partial charge in [0.15, 0.2) is 11.6 Å². The summed E-state index contributed by atoms with van der Waals surface area (Å²) >= 11 is 0. The fraction of sp³-hybridized carbons (Fsp3) is 0.297. The van der Waals surface area contributed by atoms with E-state index in [1.807, 2.05) is 97.1 Å². The molecule has 0 saturated carbocycles. The number of amides is 1. The Morgan fingerprint density at radius 2 is 1.61 bits per heavy atom. The van der Waals surface area contributed by atoms with Gasteiger partial charge in [0.1, 0.15) is 5.75 Å². The number of hydrogen-bond donors (Lipinski definition) is 2. The van der Waals surface area contributed by atoms with Gasteiger partial charge in [-0.1, -0.05) is 90.0 Å². The van der Waals surface area contributed by atoms with Crippen molar-refractivity contribution in [2.75, 3.05) is 19.8 Å². The van der Waals surface area contributed by atoms with Gasteiger partial charge in [0.25, 0.3) is 5.91 Å². The first-order valence-corrected chi connectivity index (χ1v) is 15.7. The fourth-order valence-corrected chi connectivity index (χ4v) is 5.66. The molecule has 9 nitrogen and oxygen atoms in total. The second-order valence-electron chi connectivity index (χ2n) is 11.2. The van der Waals surface area contributed by atoms with Crippen molar-refractivity contribution in [1.82, 2.24) is 5.32 Å². The number of unbranched alkanes of at least 4 members (excludes halogenated alkanes) is 1. The molecule has 1 amide bonds. The van der Waals surface area contributed by atoms with Crippen LogP contribution in [0.2, 0.25) is 0 Å². The number of aliphatic hydroxyl groups excluding tert-OH is 1. The van der Waals surface area contributed by atoms with Gasteiger partial charge in [0.2, 0.25) is 5.90 Å². The van der Waals surface area contributed by atoms with Gasteiger partial charge in [0, 0.05) is 36.5 Å². The summed E-state index contributed by atoms with van der Waals surface area (Å²) in [5.41, 5.74) is 12.2. The lowest BCUT2D eigenvalue weighted by molar-refractivity contribution is -0.128. The lowest BCUT2D eigenvalue weighted by Gasteiger charge is -2.32. The minimum absolute atomic E-state index is 0.0594. The Bertz CT molecular complexity index is 1640. The topological polar surface area (TPSA) is 129 Å². The number of azide groups is 1. The van der Waals surface area contributed by atoms with Gasteiger partial charge < -0.3 is 19.9 Å². The van der Waals surface area contributed by atoms with Crippen LogP contribution in [0.3, 0.4) is 0 Å². The molecule has 0 unspecified atom stereocenters. The van der Waals surface area contributed by atoms with Crippen molar-refractivity contribution in [2.45, 2.75) is 50.3 Å². The number of nitrogens with one attached hydrogen (secondary N) is 1. The van der Waals surface area contributed by atoms with Crippen molar-refractivity contribution < 1.29 is 19.4 Å². The number of aryl methyl sites for hydroxylation is 1. The maximum absolute atomic E-state index is 14.5. The lowest BCUT2D eigenvalue weighted by Crippen LogP contribution is -2.50. The second kappa shape index (κ2) is 16.3. The molecule has 236 valence electrons. The third-order valence-corrected chi connectivity index (χ3v) is 8.01. The normalized spacial score (nSPS) is 17.0. The Morgan fingerprint density at radius 3 is 2.33 bits per heavy atom. The first kappa shape index (κ1) is 32.3. The number of rotatable bonds is 16. The van der Waals surface area contributed by atoms with Crippen LogP contribution in [-0.2, 0) is 28.9 Å². The highest BCUT2D eigenvalue weighted by Gasteiger charge is 2.53. The number of carbonyl (C=O) groups excluding carboxylic acids is 1. The average molecular weight is 618 g/mol. The first-order valence-electron chi connectivity index (χ1n) is 15.7. The molecule has 4 aromatic carbocycles. The highest BCUT2D eigenvalue weighted by atomic mass is 16.5. The summed E-state index contributed by atoms with van der Waals surface area (Å²) in [5.74, 6) is 0.787. The molecule has 1 heterocycles. The van der Waals surface area contributed by atoms with Crippen LogP contribution in [0.25, 0.3) is 10.4 Å². The molecule has 1 aliphatic rings. The Balaban J connectivity index is 1.48. The quantitative estimate of drug-likeness (QED) is 0.0613. The maximum Gasteiger partial charge on any atom is 0.252 e. The molecule has 0 saturated heterocycles. The van der Waals surface area contributed by atoms with E-state index in [9.17, 15) is 4.79 Å². The Morgan fingerprint density at radius 1 is 0.913 bits per heavy atom. The van der Waals surface area contributed by atoms with Crippen molar-refractivity contribution in [1.29, 1.82) is 0 Å². The van der Waals surface area contributed by atoms with E-state index in [4.69, 9.17) is 25.1 Å². The van der Waals surface area contributed by atoms with Crippen LogP contribution in [0.4, 0.5) is 0 Å². The Hall–Kier alpha value is -5.11. The van der Waals surface area contributed by atoms with Crippen LogP contribution in [-0.4, -0.2) is 42.2 Å². The smallest absolute Gasteiger partial charge is 0.252 e. The number of carbonyl (C=O) groups is 1. The van der Waals surface area contributed by atoms with Gasteiger partial charge in [-0.3, -0.25) is 4.79 Å². The second-order valence-corrected chi connectivity index (χ2v) is 11.2. The molecule has 1 aliphatic heterocycles. The minimum Gasteiger partial charge on any atom is -0.494 e. The van der Waals surface area contributed by atoms with E-state index in [1.165, 1.54) is 5.56 Å². The summed E-state index contributed by atoms with van der Waals surface area (Å²) in [6.07, 6.45) is 2.75. The zero-order chi connectivity index (χ0) is 32.0. The van der Waals surface area contributed by atoms with Crippen LogP contribution in [0.1, 0.15) is 53.2 Å². The molecule has 0 spiro atoms. The van der Waals surface area contributed by atoms with Crippen molar-refractivity contribution in [2.24, 2.45) is 10.1 Å². The van der Waals surface area contributed by atoms with E-state index in [0.29, 0.717) is 43.2 Å². The van der Waals surface area contributed by atoms with Crippen LogP contribution in [0, 0.1) is 0 Å². The third-order valence-electron chi connectivity index (χ3n) is 8.01. The molecule has 5 rings (SSSR count). The Kier molecular flexibility index (Phi) is 11.4. The molecular weight excluding hydrogens is 578 g/mol. The number of ether oxygens (including phenoxy) is 2. The fourth-order valence-electron chi connectivity index (χ4n) is 5.66. The molecule has 0 radical (unpaired) electrons. The van der Waals surface area contributed by atoms with Gasteiger partial charge in [-0.05, 0) is 71.3 Å². The largest absolute Gasteiger partial charge is 0.494 e. The molecule has 0 bridgehead atoms. The van der Waals surface area contributed by atoms with E-state index >= 15 is 0 Å². The predicted octanol–water partition coefficient (Wildman–Crippen LogP) is 6.90. The van der Waals surface area contributed by atoms with Crippen molar-refractivity contribution in [3.63, 3.8) is 0 Å². The highest BCUT2D eigenvalue weighted by molar-refractivity contribution is 6.01. The van der Waals surface area contributed by atoms with Gasteiger partial charge in [-0.2, -0.15) is 0 Å². The van der Waals surface area contributed by atoms with Crippen molar-refractivity contribution in [3.05, 3.63) is 147 Å². The SMILES string of the molecule is [N-]=[N+]=NCc1ccccc1[C@H]1OC(c2ccc(OCCCO)cc2)=N[C@@]1(Cc1ccccc1)C(=O)NCCCCc1ccccc1. The molecule has 46 heavy (non-hydrogen) atoms. The third kappa shape index (κ3) is 8.13. The molecule has 0 aromatic heterocycles. The van der Waals surface area contributed by atoms with E-state index in [1.54, 1.807) is 0 Å². The van der Waals surface area contributed by atoms with Crippen LogP contribution in [0.5, 0.6) is 5.75 Å². The van der Waals surface area contributed by atoms with Gasteiger partial charge in [0.05, 0.1) is 13.2 Å². The first-order chi connectivity index (χ1) is 22.6. The lowest BCUT2D eigenvalue weighted by atomic mass is 9.80. The summed E-state index contributed by atoms with van der Waals surface area (Å²) in [5, 5.41) is 16.1. The maximum atomic E-state index is 14.5. The molecular formula is C37H39N5O4. The van der Waals surface area contributed by atoms with Crippen LogP contribution < -0.4 is 10.1 Å². The summed E-state index contributed by atoms with van der Waals surface area (Å²) in [7, 11) is 0. The Labute approximate surface area is 269 Å². The minimum atomic E-state index is -1.33.